The highest BCUT2D eigenvalue weighted by Gasteiger charge is 2.18. The van der Waals surface area contributed by atoms with Crippen molar-refractivity contribution in [2.45, 2.75) is 25.4 Å². The highest BCUT2D eigenvalue weighted by Crippen LogP contribution is 2.38. The largest absolute Gasteiger partial charge is 0.480 e. The molecular weight excluding hydrogens is 484 g/mol. The number of carboxylic acid groups (broad SMARTS) is 1. The Morgan fingerprint density at radius 3 is 2.48 bits per heavy atom. The molecule has 7 nitrogen and oxygen atoms in total. The predicted octanol–water partition coefficient (Wildman–Crippen LogP) is 4.47. The molecule has 0 radical (unpaired) electrons. The Bertz CT molecular complexity index is 1290. The van der Waals surface area contributed by atoms with Crippen LogP contribution in [-0.4, -0.2) is 33.0 Å². The van der Waals surface area contributed by atoms with Gasteiger partial charge in [0.2, 0.25) is 5.91 Å². The summed E-state index contributed by atoms with van der Waals surface area (Å²) >= 11 is 3.52. The molecule has 0 aliphatic rings. The van der Waals surface area contributed by atoms with Crippen molar-refractivity contribution in [1.29, 1.82) is 0 Å². The molecule has 0 aliphatic carbocycles. The molecule has 4 rings (SSSR count). The number of carboxylic acids is 1. The lowest BCUT2D eigenvalue weighted by Crippen LogP contribution is -2.37. The molecule has 0 bridgehead atoms. The highest BCUT2D eigenvalue weighted by atomic mass is 79.9. The number of nitrogens with two attached hydrogens (primary N) is 1. The third kappa shape index (κ3) is 5.30. The maximum Gasteiger partial charge on any atom is 0.320 e. The van der Waals surface area contributed by atoms with E-state index in [2.05, 4.69) is 43.3 Å². The number of carbonyl (C=O) groups is 2. The molecule has 2 aromatic heterocycles. The van der Waals surface area contributed by atoms with Crippen molar-refractivity contribution in [3.05, 3.63) is 76.9 Å². The number of primary amides is 1. The van der Waals surface area contributed by atoms with Crippen LogP contribution in [0.1, 0.15) is 18.4 Å². The predicted molar refractivity (Wildman–Crippen MR) is 131 cm³/mol. The average Bonchev–Trinajstić information content (AvgIpc) is 3.18. The van der Waals surface area contributed by atoms with Crippen LogP contribution in [0.3, 0.4) is 0 Å². The van der Waals surface area contributed by atoms with E-state index < -0.39 is 17.9 Å². The van der Waals surface area contributed by atoms with Crippen LogP contribution >= 0.6 is 15.9 Å². The fourth-order valence-electron chi connectivity index (χ4n) is 3.80. The zero-order chi connectivity index (χ0) is 23.4. The van der Waals surface area contributed by atoms with Crippen LogP contribution in [0.25, 0.3) is 33.4 Å². The van der Waals surface area contributed by atoms with Crippen LogP contribution in [0.4, 0.5) is 0 Å². The summed E-state index contributed by atoms with van der Waals surface area (Å²) in [5.74, 6) is -1.52. The van der Waals surface area contributed by atoms with Crippen molar-refractivity contribution in [3.8, 4) is 22.4 Å². The van der Waals surface area contributed by atoms with Crippen LogP contribution in [0.5, 0.6) is 0 Å². The summed E-state index contributed by atoms with van der Waals surface area (Å²) < 4.78 is 0.895. The first-order valence-electron chi connectivity index (χ1n) is 10.5. The van der Waals surface area contributed by atoms with Crippen LogP contribution in [-0.2, 0) is 16.1 Å². The van der Waals surface area contributed by atoms with Crippen LogP contribution in [0.2, 0.25) is 0 Å². The summed E-state index contributed by atoms with van der Waals surface area (Å²) in [5.41, 5.74) is 11.0. The van der Waals surface area contributed by atoms with Crippen molar-refractivity contribution in [2.75, 3.05) is 0 Å². The van der Waals surface area contributed by atoms with Gasteiger partial charge in [0.05, 0.1) is 5.69 Å². The minimum absolute atomic E-state index is 0.0231. The van der Waals surface area contributed by atoms with E-state index in [1.54, 1.807) is 6.20 Å². The minimum atomic E-state index is -1.00. The molecule has 8 heteroatoms. The fraction of sp³-hybridized carbons (Fsp3) is 0.160. The second kappa shape index (κ2) is 9.97. The van der Waals surface area contributed by atoms with Gasteiger partial charge in [0.1, 0.15) is 11.7 Å². The second-order valence-corrected chi connectivity index (χ2v) is 8.68. The Morgan fingerprint density at radius 2 is 1.82 bits per heavy atom. The van der Waals surface area contributed by atoms with Crippen LogP contribution < -0.4 is 11.1 Å². The SMILES string of the molecule is NC(=O)CCC(NCc1ccc(-c2c(-c3ccccc3)[nH]c3ncc(Br)cc23)cc1)C(=O)O. The molecule has 0 saturated carbocycles. The van der Waals surface area contributed by atoms with Crippen LogP contribution in [0.15, 0.2) is 71.3 Å². The average molecular weight is 507 g/mol. The van der Waals surface area contributed by atoms with Gasteiger partial charge in [-0.25, -0.2) is 4.98 Å². The van der Waals surface area contributed by atoms with Gasteiger partial charge in [0.25, 0.3) is 0 Å². The van der Waals surface area contributed by atoms with E-state index in [0.29, 0.717) is 6.54 Å². The number of hydrogen-bond acceptors (Lipinski definition) is 4. The number of aromatic nitrogens is 2. The lowest BCUT2D eigenvalue weighted by atomic mass is 9.98. The van der Waals surface area contributed by atoms with Gasteiger partial charge < -0.3 is 21.1 Å². The zero-order valence-electron chi connectivity index (χ0n) is 17.7. The summed E-state index contributed by atoms with van der Waals surface area (Å²) in [6.45, 7) is 0.364. The van der Waals surface area contributed by atoms with Crippen LogP contribution in [0, 0.1) is 0 Å². The Hall–Kier alpha value is -3.49. The molecule has 0 saturated heterocycles. The van der Waals surface area contributed by atoms with Gasteiger partial charge in [0.15, 0.2) is 0 Å². The molecule has 0 aliphatic heterocycles. The van der Waals surface area contributed by atoms with Gasteiger partial charge in [-0.05, 0) is 45.1 Å². The number of halogens is 1. The fourth-order valence-corrected chi connectivity index (χ4v) is 4.13. The summed E-state index contributed by atoms with van der Waals surface area (Å²) in [7, 11) is 0. The molecule has 5 N–H and O–H groups in total. The zero-order valence-corrected chi connectivity index (χ0v) is 19.3. The maximum absolute atomic E-state index is 11.4. The maximum atomic E-state index is 11.4. The molecule has 1 unspecified atom stereocenters. The molecule has 2 heterocycles. The molecule has 0 spiro atoms. The smallest absolute Gasteiger partial charge is 0.320 e. The van der Waals surface area contributed by atoms with Crippen molar-refractivity contribution in [3.63, 3.8) is 0 Å². The van der Waals surface area contributed by atoms with E-state index in [9.17, 15) is 14.7 Å². The lowest BCUT2D eigenvalue weighted by Gasteiger charge is -2.14. The number of aromatic amines is 1. The van der Waals surface area contributed by atoms with Crippen molar-refractivity contribution in [1.82, 2.24) is 15.3 Å². The number of carbonyl (C=O) groups excluding carboxylic acids is 1. The number of hydrogen-bond donors (Lipinski definition) is 4. The van der Waals surface area contributed by atoms with Gasteiger partial charge in [-0.3, -0.25) is 9.59 Å². The normalized spacial score (nSPS) is 12.0. The van der Waals surface area contributed by atoms with E-state index in [1.807, 2.05) is 48.5 Å². The number of fused-ring (bicyclic) bond motifs is 1. The number of pyridine rings is 1. The second-order valence-electron chi connectivity index (χ2n) is 7.76. The Labute approximate surface area is 199 Å². The van der Waals surface area contributed by atoms with E-state index >= 15 is 0 Å². The number of amides is 1. The standard InChI is InChI=1S/C25H23BrN4O3/c26-18-12-19-22(23(30-24(19)29-14-18)17-4-2-1-3-5-17)16-8-6-15(7-9-16)13-28-20(25(32)33)10-11-21(27)31/h1-9,12,14,20,28H,10-11,13H2,(H2,27,31)(H,29,30)(H,32,33). The molecule has 1 atom stereocenters. The number of nitrogens with zero attached hydrogens (tertiary/aromatic N) is 1. The van der Waals surface area contributed by atoms with Gasteiger partial charge in [0, 0.05) is 34.6 Å². The number of aliphatic carboxylic acids is 1. The third-order valence-electron chi connectivity index (χ3n) is 5.45. The van der Waals surface area contributed by atoms with E-state index in [4.69, 9.17) is 5.73 Å². The molecule has 168 valence electrons. The van der Waals surface area contributed by atoms with Crippen molar-refractivity contribution in [2.24, 2.45) is 5.73 Å². The van der Waals surface area contributed by atoms with E-state index in [0.717, 1.165) is 43.5 Å². The van der Waals surface area contributed by atoms with Gasteiger partial charge in [-0.15, -0.1) is 0 Å². The molecule has 2 aromatic carbocycles. The first-order valence-corrected chi connectivity index (χ1v) is 11.3. The third-order valence-corrected chi connectivity index (χ3v) is 5.89. The quantitative estimate of drug-likeness (QED) is 0.267. The summed E-state index contributed by atoms with van der Waals surface area (Å²) in [5, 5.41) is 13.4. The van der Waals surface area contributed by atoms with E-state index in [1.165, 1.54) is 0 Å². The Kier molecular flexibility index (Phi) is 6.86. The molecular formula is C25H23BrN4O3. The number of nitrogens with one attached hydrogen (secondary N) is 2. The minimum Gasteiger partial charge on any atom is -0.480 e. The number of benzene rings is 2. The first-order chi connectivity index (χ1) is 15.9. The summed E-state index contributed by atoms with van der Waals surface area (Å²) in [4.78, 5) is 30.4. The molecule has 33 heavy (non-hydrogen) atoms. The van der Waals surface area contributed by atoms with Gasteiger partial charge in [-0.2, -0.15) is 0 Å². The highest BCUT2D eigenvalue weighted by molar-refractivity contribution is 9.10. The molecule has 0 fully saturated rings. The van der Waals surface area contributed by atoms with Gasteiger partial charge >= 0.3 is 5.97 Å². The number of rotatable bonds is 9. The lowest BCUT2D eigenvalue weighted by molar-refractivity contribution is -0.139. The summed E-state index contributed by atoms with van der Waals surface area (Å²) in [6.07, 6.45) is 1.94. The van der Waals surface area contributed by atoms with Gasteiger partial charge in [-0.1, -0.05) is 54.6 Å². The first kappa shape index (κ1) is 22.7. The molecule has 4 aromatic rings. The summed E-state index contributed by atoms with van der Waals surface area (Å²) in [6, 6.07) is 19.3. The number of H-pyrrole nitrogens is 1. The monoisotopic (exact) mass is 506 g/mol. The van der Waals surface area contributed by atoms with E-state index in [-0.39, 0.29) is 12.8 Å². The Balaban J connectivity index is 1.62. The topological polar surface area (TPSA) is 121 Å². The Morgan fingerprint density at radius 1 is 1.09 bits per heavy atom. The van der Waals surface area contributed by atoms with Crippen molar-refractivity contribution >= 4 is 38.8 Å². The molecule has 1 amide bonds. The van der Waals surface area contributed by atoms with Crippen molar-refractivity contribution < 1.29 is 14.7 Å².